The molecule has 0 saturated heterocycles. The van der Waals surface area contributed by atoms with Crippen LogP contribution in [-0.4, -0.2) is 28.4 Å². The molecule has 0 fully saturated rings. The third-order valence-corrected chi connectivity index (χ3v) is 3.65. The molecule has 0 atom stereocenters. The summed E-state index contributed by atoms with van der Waals surface area (Å²) in [6.07, 6.45) is 0. The van der Waals surface area contributed by atoms with Crippen molar-refractivity contribution >= 4 is 34.2 Å². The number of carbonyl (C=O) groups excluding carboxylic acids is 2. The number of hydrogen-bond acceptors (Lipinski definition) is 4. The highest BCUT2D eigenvalue weighted by atomic mass is 16.5. The second-order valence-corrected chi connectivity index (χ2v) is 5.34. The predicted molar refractivity (Wildman–Crippen MR) is 87.4 cm³/mol. The molecule has 1 aromatic heterocycles. The quantitative estimate of drug-likeness (QED) is 0.571. The number of nitrogens with one attached hydrogen (secondary N) is 4. The van der Waals surface area contributed by atoms with E-state index in [2.05, 4.69) is 20.6 Å². The molecule has 4 rings (SSSR count). The minimum absolute atomic E-state index is 0.0738. The molecule has 1 aliphatic rings. The molecule has 2 aromatic carbocycles. The van der Waals surface area contributed by atoms with Crippen molar-refractivity contribution in [3.8, 4) is 5.75 Å². The largest absolute Gasteiger partial charge is 0.482 e. The lowest BCUT2D eigenvalue weighted by Gasteiger charge is -2.18. The number of benzene rings is 2. The van der Waals surface area contributed by atoms with Crippen LogP contribution in [0.4, 0.5) is 11.4 Å². The summed E-state index contributed by atoms with van der Waals surface area (Å²) in [5.41, 5.74) is 2.45. The molecule has 0 aliphatic carbocycles. The highest BCUT2D eigenvalue weighted by molar-refractivity contribution is 6.06. The van der Waals surface area contributed by atoms with Gasteiger partial charge in [-0.3, -0.25) is 9.59 Å². The molecule has 8 heteroatoms. The molecule has 0 spiro atoms. The number of amides is 2. The number of aromatic nitrogens is 2. The molecule has 0 bridgehead atoms. The van der Waals surface area contributed by atoms with Crippen molar-refractivity contribution in [2.45, 2.75) is 0 Å². The monoisotopic (exact) mass is 324 g/mol. The van der Waals surface area contributed by atoms with E-state index >= 15 is 0 Å². The van der Waals surface area contributed by atoms with Gasteiger partial charge in [0, 0.05) is 11.3 Å². The lowest BCUT2D eigenvalue weighted by Crippen LogP contribution is -2.25. The Labute approximate surface area is 134 Å². The van der Waals surface area contributed by atoms with E-state index in [9.17, 15) is 14.4 Å². The van der Waals surface area contributed by atoms with Crippen molar-refractivity contribution in [2.75, 3.05) is 17.2 Å². The minimum Gasteiger partial charge on any atom is -0.482 e. The fraction of sp³-hybridized carbons (Fsp3) is 0.0625. The normalized spacial score (nSPS) is 13.1. The average molecular weight is 324 g/mol. The van der Waals surface area contributed by atoms with Crippen LogP contribution < -0.4 is 21.1 Å². The summed E-state index contributed by atoms with van der Waals surface area (Å²) in [4.78, 5) is 40.2. The second kappa shape index (κ2) is 5.27. The number of carbonyl (C=O) groups is 2. The number of aromatic amines is 2. The Balaban J connectivity index is 1.59. The van der Waals surface area contributed by atoms with Gasteiger partial charge in [-0.1, -0.05) is 0 Å². The molecule has 0 saturated carbocycles. The minimum atomic E-state index is -0.324. The second-order valence-electron chi connectivity index (χ2n) is 5.34. The van der Waals surface area contributed by atoms with Gasteiger partial charge in [-0.2, -0.15) is 0 Å². The van der Waals surface area contributed by atoms with Crippen molar-refractivity contribution in [1.29, 1.82) is 0 Å². The van der Waals surface area contributed by atoms with E-state index in [1.165, 1.54) is 0 Å². The highest BCUT2D eigenvalue weighted by Crippen LogP contribution is 2.28. The van der Waals surface area contributed by atoms with Crippen LogP contribution >= 0.6 is 0 Å². The number of anilines is 2. The fourth-order valence-corrected chi connectivity index (χ4v) is 2.53. The van der Waals surface area contributed by atoms with Gasteiger partial charge in [0.25, 0.3) is 11.8 Å². The van der Waals surface area contributed by atoms with Gasteiger partial charge in [-0.05, 0) is 36.4 Å². The topological polar surface area (TPSA) is 116 Å². The molecule has 0 unspecified atom stereocenters. The number of hydrogen-bond donors (Lipinski definition) is 4. The van der Waals surface area contributed by atoms with Crippen LogP contribution in [0.3, 0.4) is 0 Å². The summed E-state index contributed by atoms with van der Waals surface area (Å²) in [6.45, 7) is -0.0738. The van der Waals surface area contributed by atoms with E-state index in [0.29, 0.717) is 33.7 Å². The first-order valence-corrected chi connectivity index (χ1v) is 7.18. The Bertz CT molecular complexity index is 1030. The Kier molecular flexibility index (Phi) is 3.09. The van der Waals surface area contributed by atoms with E-state index in [1.807, 2.05) is 0 Å². The van der Waals surface area contributed by atoms with Gasteiger partial charge in [-0.25, -0.2) is 4.79 Å². The Morgan fingerprint density at radius 3 is 2.75 bits per heavy atom. The van der Waals surface area contributed by atoms with E-state index < -0.39 is 0 Å². The van der Waals surface area contributed by atoms with Gasteiger partial charge in [0.05, 0.1) is 16.7 Å². The molecular weight excluding hydrogens is 312 g/mol. The third kappa shape index (κ3) is 2.50. The average Bonchev–Trinajstić information content (AvgIpc) is 2.93. The van der Waals surface area contributed by atoms with E-state index in [-0.39, 0.29) is 24.1 Å². The predicted octanol–water partition coefficient (Wildman–Crippen LogP) is 1.44. The molecule has 1 aliphatic heterocycles. The number of ether oxygens (including phenoxy) is 1. The van der Waals surface area contributed by atoms with Gasteiger partial charge >= 0.3 is 5.69 Å². The zero-order valence-corrected chi connectivity index (χ0v) is 12.3. The van der Waals surface area contributed by atoms with Gasteiger partial charge in [0.2, 0.25) is 0 Å². The van der Waals surface area contributed by atoms with Crippen LogP contribution in [0.2, 0.25) is 0 Å². The lowest BCUT2D eigenvalue weighted by atomic mass is 10.1. The molecule has 3 aromatic rings. The molecule has 2 heterocycles. The van der Waals surface area contributed by atoms with Crippen molar-refractivity contribution < 1.29 is 14.3 Å². The summed E-state index contributed by atoms with van der Waals surface area (Å²) < 4.78 is 5.30. The third-order valence-electron chi connectivity index (χ3n) is 3.65. The van der Waals surface area contributed by atoms with Crippen LogP contribution in [-0.2, 0) is 4.79 Å². The van der Waals surface area contributed by atoms with E-state index in [0.717, 1.165) is 0 Å². The van der Waals surface area contributed by atoms with Crippen LogP contribution in [0.5, 0.6) is 5.75 Å². The zero-order chi connectivity index (χ0) is 16.7. The Morgan fingerprint density at radius 2 is 1.88 bits per heavy atom. The number of H-pyrrole nitrogens is 2. The molecular formula is C16H12N4O4. The van der Waals surface area contributed by atoms with E-state index in [1.54, 1.807) is 36.4 Å². The van der Waals surface area contributed by atoms with Crippen LogP contribution in [0.15, 0.2) is 41.2 Å². The zero-order valence-electron chi connectivity index (χ0n) is 12.3. The number of rotatable bonds is 2. The maximum atomic E-state index is 12.4. The summed E-state index contributed by atoms with van der Waals surface area (Å²) in [6, 6.07) is 9.85. The molecule has 24 heavy (non-hydrogen) atoms. The smallest absolute Gasteiger partial charge is 0.323 e. The van der Waals surface area contributed by atoms with Crippen molar-refractivity contribution in [2.24, 2.45) is 0 Å². The van der Waals surface area contributed by atoms with Crippen molar-refractivity contribution in [3.05, 3.63) is 52.4 Å². The number of imidazole rings is 1. The Hall–Kier alpha value is -3.55. The van der Waals surface area contributed by atoms with Gasteiger partial charge in [0.15, 0.2) is 6.61 Å². The molecule has 0 radical (unpaired) electrons. The number of fused-ring (bicyclic) bond motifs is 2. The SMILES string of the molecule is O=C1COc2cc(C(=O)Nc3ccc4[nH]c(=O)[nH]c4c3)ccc2N1. The first-order valence-electron chi connectivity index (χ1n) is 7.18. The Morgan fingerprint density at radius 1 is 1.04 bits per heavy atom. The van der Waals surface area contributed by atoms with Crippen LogP contribution in [0.25, 0.3) is 11.0 Å². The van der Waals surface area contributed by atoms with Crippen LogP contribution in [0, 0.1) is 0 Å². The molecule has 4 N–H and O–H groups in total. The van der Waals surface area contributed by atoms with Crippen LogP contribution in [0.1, 0.15) is 10.4 Å². The summed E-state index contributed by atoms with van der Waals surface area (Å²) >= 11 is 0. The fourth-order valence-electron chi connectivity index (χ4n) is 2.53. The van der Waals surface area contributed by atoms with Gasteiger partial charge in [0.1, 0.15) is 5.75 Å². The van der Waals surface area contributed by atoms with Crippen molar-refractivity contribution in [3.63, 3.8) is 0 Å². The summed E-state index contributed by atoms with van der Waals surface area (Å²) in [5.74, 6) is -0.100. The lowest BCUT2D eigenvalue weighted by molar-refractivity contribution is -0.118. The summed E-state index contributed by atoms with van der Waals surface area (Å²) in [7, 11) is 0. The maximum Gasteiger partial charge on any atom is 0.323 e. The molecule has 8 nitrogen and oxygen atoms in total. The first-order chi connectivity index (χ1) is 11.6. The van der Waals surface area contributed by atoms with Gasteiger partial charge < -0.3 is 25.3 Å². The maximum absolute atomic E-state index is 12.4. The molecule has 120 valence electrons. The molecule has 2 amide bonds. The van der Waals surface area contributed by atoms with Crippen molar-refractivity contribution in [1.82, 2.24) is 9.97 Å². The standard InChI is InChI=1S/C16H12N4O4/c21-14-7-24-13-5-8(1-3-11(13)18-14)15(22)17-9-2-4-10-12(6-9)20-16(23)19-10/h1-6H,7H2,(H,17,22)(H,18,21)(H2,19,20,23). The summed E-state index contributed by atoms with van der Waals surface area (Å²) in [5, 5.41) is 5.42. The first kappa shape index (κ1) is 14.1. The highest BCUT2D eigenvalue weighted by Gasteiger charge is 2.18. The van der Waals surface area contributed by atoms with Gasteiger partial charge in [-0.15, -0.1) is 0 Å². The van der Waals surface area contributed by atoms with E-state index in [4.69, 9.17) is 4.74 Å².